The number of hydrogen-bond donors (Lipinski definition) is 0. The maximum absolute atomic E-state index is 12.5. The average molecular weight is 332 g/mol. The molecular weight excluding hydrogens is 322 g/mol. The Labute approximate surface area is 124 Å². The third-order valence-electron chi connectivity index (χ3n) is 3.21. The number of rotatable bonds is 2. The van der Waals surface area contributed by atoms with Crippen LogP contribution in [0.25, 0.3) is 0 Å². The van der Waals surface area contributed by atoms with E-state index >= 15 is 0 Å². The van der Waals surface area contributed by atoms with E-state index in [1.54, 1.807) is 36.4 Å². The Morgan fingerprint density at radius 2 is 1.80 bits per heavy atom. The van der Waals surface area contributed by atoms with Gasteiger partial charge in [-0.15, -0.1) is 0 Å². The van der Waals surface area contributed by atoms with Gasteiger partial charge in [0.05, 0.1) is 12.7 Å². The van der Waals surface area contributed by atoms with E-state index in [-0.39, 0.29) is 17.2 Å². The monoisotopic (exact) mass is 331 g/mol. The zero-order chi connectivity index (χ0) is 14.3. The fourth-order valence-electron chi connectivity index (χ4n) is 2.30. The van der Waals surface area contributed by atoms with E-state index in [0.717, 1.165) is 0 Å². The van der Waals surface area contributed by atoms with Crippen LogP contribution in [0.1, 0.15) is 15.9 Å². The second kappa shape index (κ2) is 4.76. The fourth-order valence-corrected chi connectivity index (χ4v) is 2.77. The predicted molar refractivity (Wildman–Crippen MR) is 78.9 cm³/mol. The van der Waals surface area contributed by atoms with Crippen molar-refractivity contribution in [2.24, 2.45) is 0 Å². The van der Waals surface area contributed by atoms with Crippen molar-refractivity contribution < 1.29 is 14.3 Å². The zero-order valence-corrected chi connectivity index (χ0v) is 12.2. The highest BCUT2D eigenvalue weighted by atomic mass is 79.9. The number of ketones is 1. The van der Waals surface area contributed by atoms with Crippen molar-refractivity contribution in [3.63, 3.8) is 0 Å². The lowest BCUT2D eigenvalue weighted by atomic mass is 10.0. The Balaban J connectivity index is 2.27. The van der Waals surface area contributed by atoms with Crippen LogP contribution in [-0.4, -0.2) is 23.3 Å². The van der Waals surface area contributed by atoms with Crippen molar-refractivity contribution in [2.45, 2.75) is 0 Å². The molecule has 100 valence electrons. The molecule has 2 aromatic rings. The summed E-state index contributed by atoms with van der Waals surface area (Å²) in [4.78, 5) is 12.5. The van der Waals surface area contributed by atoms with Crippen LogP contribution in [0.2, 0.25) is 0 Å². The summed E-state index contributed by atoms with van der Waals surface area (Å²) in [5, 5.41) is 12.5. The molecule has 20 heavy (non-hydrogen) atoms. The summed E-state index contributed by atoms with van der Waals surface area (Å²) in [6.07, 6.45) is 0. The molecule has 1 aliphatic rings. The Morgan fingerprint density at radius 1 is 1.10 bits per heavy atom. The first-order chi connectivity index (χ1) is 9.65. The number of nitrogens with zero attached hydrogens (tertiary/aromatic N) is 1. The van der Waals surface area contributed by atoms with Gasteiger partial charge >= 0.3 is 0 Å². The van der Waals surface area contributed by atoms with Crippen LogP contribution in [0.3, 0.4) is 0 Å². The Bertz CT molecular complexity index is 753. The van der Waals surface area contributed by atoms with Crippen LogP contribution in [0.15, 0.2) is 46.9 Å². The molecule has 0 amide bonds. The van der Waals surface area contributed by atoms with Gasteiger partial charge in [-0.2, -0.15) is 4.74 Å². The highest BCUT2D eigenvalue weighted by Gasteiger charge is 2.39. The maximum atomic E-state index is 12.5. The number of methoxy groups -OCH3 is 1. The Hall–Kier alpha value is -2.14. The number of Topliss-reactive ketones (excluding diaryl/α,β-unsaturated/α-hetero) is 1. The minimum atomic E-state index is -0.291. The number of benzene rings is 2. The predicted octanol–water partition coefficient (Wildman–Crippen LogP) is 3.29. The smallest absolute Gasteiger partial charge is 0.274 e. The molecule has 0 fully saturated rings. The molecule has 0 N–H and O–H groups in total. The highest BCUT2D eigenvalue weighted by molar-refractivity contribution is 9.10. The fraction of sp³-hybridized carbons (Fsp3) is 0.0667. The van der Waals surface area contributed by atoms with Gasteiger partial charge in [-0.05, 0) is 40.2 Å². The molecular formula is C15H10BrNO3. The molecule has 0 unspecified atom stereocenters. The van der Waals surface area contributed by atoms with Crippen molar-refractivity contribution in [1.82, 2.24) is 0 Å². The summed E-state index contributed by atoms with van der Waals surface area (Å²) in [5.74, 6) is 0.105. The van der Waals surface area contributed by atoms with Gasteiger partial charge in [0.25, 0.3) is 17.2 Å². The number of carbonyl (C=O) groups excluding carboxylic acids is 1. The molecule has 1 aliphatic heterocycles. The van der Waals surface area contributed by atoms with E-state index in [2.05, 4.69) is 15.9 Å². The molecule has 0 aromatic heterocycles. The first kappa shape index (κ1) is 12.9. The van der Waals surface area contributed by atoms with Crippen LogP contribution < -0.4 is 4.74 Å². The minimum absolute atomic E-state index is 0.108. The lowest BCUT2D eigenvalue weighted by Crippen LogP contribution is -2.17. The summed E-state index contributed by atoms with van der Waals surface area (Å²) in [6, 6.07) is 12.1. The number of ether oxygens (including phenoxy) is 1. The third-order valence-corrected chi connectivity index (χ3v) is 3.91. The van der Waals surface area contributed by atoms with E-state index < -0.39 is 0 Å². The molecule has 1 heterocycles. The Morgan fingerprint density at radius 3 is 2.50 bits per heavy atom. The maximum Gasteiger partial charge on any atom is 0.274 e. The molecule has 0 radical (unpaired) electrons. The van der Waals surface area contributed by atoms with Crippen molar-refractivity contribution >= 4 is 33.1 Å². The molecule has 0 spiro atoms. The summed E-state index contributed by atoms with van der Waals surface area (Å²) >= 11 is 3.37. The lowest BCUT2D eigenvalue weighted by molar-refractivity contribution is -0.356. The van der Waals surface area contributed by atoms with E-state index in [4.69, 9.17) is 4.74 Å². The normalized spacial score (nSPS) is 13.6. The van der Waals surface area contributed by atoms with Crippen molar-refractivity contribution in [3.05, 3.63) is 63.3 Å². The second-order valence-electron chi connectivity index (χ2n) is 4.31. The lowest BCUT2D eigenvalue weighted by Gasteiger charge is -2.06. The van der Waals surface area contributed by atoms with Gasteiger partial charge in [-0.25, -0.2) is 0 Å². The first-order valence-electron chi connectivity index (χ1n) is 5.96. The van der Waals surface area contributed by atoms with Gasteiger partial charge in [0.15, 0.2) is 5.75 Å². The highest BCUT2D eigenvalue weighted by Crippen LogP contribution is 2.37. The third kappa shape index (κ3) is 1.74. The summed E-state index contributed by atoms with van der Waals surface area (Å²) in [6.45, 7) is 0. The summed E-state index contributed by atoms with van der Waals surface area (Å²) in [5.41, 5.74) is 1.32. The van der Waals surface area contributed by atoms with Gasteiger partial charge < -0.3 is 9.94 Å². The molecule has 4 nitrogen and oxygen atoms in total. The molecule has 5 heteroatoms. The van der Waals surface area contributed by atoms with Crippen LogP contribution in [-0.2, 0) is 0 Å². The Kier molecular flexibility index (Phi) is 3.06. The van der Waals surface area contributed by atoms with Gasteiger partial charge in [0, 0.05) is 4.47 Å². The number of fused-ring (bicyclic) bond motifs is 1. The first-order valence-corrected chi connectivity index (χ1v) is 6.75. The summed E-state index contributed by atoms with van der Waals surface area (Å²) in [7, 11) is 1.48. The summed E-state index contributed by atoms with van der Waals surface area (Å²) < 4.78 is 6.53. The van der Waals surface area contributed by atoms with E-state index in [1.807, 2.05) is 6.07 Å². The van der Waals surface area contributed by atoms with Crippen molar-refractivity contribution in [1.29, 1.82) is 0 Å². The SMILES string of the molecule is COc1cccc2c1[N+]([O-])=C(c1ccccc1Br)C2=O. The quantitative estimate of drug-likeness (QED) is 0.626. The largest absolute Gasteiger partial charge is 0.618 e. The van der Waals surface area contributed by atoms with E-state index in [9.17, 15) is 10.0 Å². The van der Waals surface area contributed by atoms with Crippen LogP contribution in [0.4, 0.5) is 5.69 Å². The molecule has 0 bridgehead atoms. The van der Waals surface area contributed by atoms with E-state index in [1.165, 1.54) is 7.11 Å². The van der Waals surface area contributed by atoms with Gasteiger partial charge in [-0.3, -0.25) is 4.79 Å². The average Bonchev–Trinajstić information content (AvgIpc) is 2.72. The van der Waals surface area contributed by atoms with Crippen molar-refractivity contribution in [2.75, 3.05) is 7.11 Å². The number of halogens is 1. The molecule has 0 atom stereocenters. The van der Waals surface area contributed by atoms with Gasteiger partial charge in [0.1, 0.15) is 5.56 Å². The standard InChI is InChI=1S/C15H10BrNO3/c1-20-12-8-4-6-10-13(12)17(19)14(15(10)18)9-5-2-3-7-11(9)16/h2-8H,1H3. The molecule has 0 saturated carbocycles. The van der Waals surface area contributed by atoms with Crippen LogP contribution >= 0.6 is 15.9 Å². The number of para-hydroxylation sites is 1. The van der Waals surface area contributed by atoms with Crippen LogP contribution in [0.5, 0.6) is 5.75 Å². The van der Waals surface area contributed by atoms with E-state index in [0.29, 0.717) is 26.1 Å². The molecule has 0 saturated heterocycles. The number of hydrogen-bond acceptors (Lipinski definition) is 3. The molecule has 2 aromatic carbocycles. The van der Waals surface area contributed by atoms with Crippen LogP contribution in [0, 0.1) is 5.21 Å². The van der Waals surface area contributed by atoms with Gasteiger partial charge in [-0.1, -0.05) is 18.2 Å². The molecule has 0 aliphatic carbocycles. The number of carbonyl (C=O) groups is 1. The second-order valence-corrected chi connectivity index (χ2v) is 5.16. The topological polar surface area (TPSA) is 52.4 Å². The van der Waals surface area contributed by atoms with Gasteiger partial charge in [0.2, 0.25) is 0 Å². The minimum Gasteiger partial charge on any atom is -0.618 e. The van der Waals surface area contributed by atoms with Crippen molar-refractivity contribution in [3.8, 4) is 5.75 Å². The zero-order valence-electron chi connectivity index (χ0n) is 10.6. The molecule has 3 rings (SSSR count).